The number of hydrogen-bond acceptors (Lipinski definition) is 6. The van der Waals surface area contributed by atoms with Crippen LogP contribution < -0.4 is 0 Å². The Bertz CT molecular complexity index is 715. The lowest BCUT2D eigenvalue weighted by Gasteiger charge is -2.13. The number of ketones is 2. The van der Waals surface area contributed by atoms with Gasteiger partial charge in [-0.15, -0.1) is 0 Å². The van der Waals surface area contributed by atoms with Gasteiger partial charge in [0.15, 0.2) is 15.6 Å². The topological polar surface area (TPSA) is 94.6 Å². The summed E-state index contributed by atoms with van der Waals surface area (Å²) in [6, 6.07) is 2.49. The molecule has 1 aromatic carbocycles. The summed E-state index contributed by atoms with van der Waals surface area (Å²) in [5.41, 5.74) is 0.156. The zero-order chi connectivity index (χ0) is 16.4. The number of esters is 1. The van der Waals surface area contributed by atoms with Crippen LogP contribution in [0.25, 0.3) is 0 Å². The maximum atomic E-state index is 12.0. The summed E-state index contributed by atoms with van der Waals surface area (Å²) in [5.74, 6) is -1.62. The van der Waals surface area contributed by atoms with Gasteiger partial charge >= 0.3 is 5.97 Å². The van der Waals surface area contributed by atoms with Gasteiger partial charge in [0, 0.05) is 11.8 Å². The molecule has 0 saturated carbocycles. The Hall–Kier alpha value is -2.02. The number of rotatable bonds is 5. The minimum atomic E-state index is -3.66. The number of carbonyl (C=O) groups is 3. The summed E-state index contributed by atoms with van der Waals surface area (Å²) >= 11 is 0. The van der Waals surface area contributed by atoms with E-state index in [1.54, 1.807) is 0 Å². The highest BCUT2D eigenvalue weighted by Gasteiger charge is 2.25. The highest BCUT2D eigenvalue weighted by Crippen LogP contribution is 2.24. The number of hydrogen-bond donors (Lipinski definition) is 0. The molecule has 1 aromatic rings. The molecule has 0 amide bonds. The molecule has 0 heterocycles. The number of sulfone groups is 1. The first-order chi connectivity index (χ1) is 9.59. The predicted molar refractivity (Wildman–Crippen MR) is 75.3 cm³/mol. The molecule has 0 N–H and O–H groups in total. The monoisotopic (exact) mass is 312 g/mol. The summed E-state index contributed by atoms with van der Waals surface area (Å²) in [4.78, 5) is 34.6. The fourth-order valence-corrected chi connectivity index (χ4v) is 2.90. The van der Waals surface area contributed by atoms with Gasteiger partial charge in [-0.1, -0.05) is 0 Å². The molecule has 21 heavy (non-hydrogen) atoms. The standard InChI is InChI=1S/C14H16O6S/c1-8(15)7-11(16)10-5-6-12(21(4,18)19)13(9(10)2)14(17)20-3/h5-6H,7H2,1-4H3. The minimum absolute atomic E-state index is 0.137. The molecule has 0 aliphatic heterocycles. The van der Waals surface area contributed by atoms with E-state index in [9.17, 15) is 22.8 Å². The van der Waals surface area contributed by atoms with Crippen molar-refractivity contribution in [3.63, 3.8) is 0 Å². The van der Waals surface area contributed by atoms with Crippen LogP contribution in [0.5, 0.6) is 0 Å². The second kappa shape index (κ2) is 6.17. The lowest BCUT2D eigenvalue weighted by molar-refractivity contribution is -0.116. The number of benzene rings is 1. The Morgan fingerprint density at radius 1 is 1.19 bits per heavy atom. The largest absolute Gasteiger partial charge is 0.465 e. The third-order valence-electron chi connectivity index (χ3n) is 2.93. The van der Waals surface area contributed by atoms with E-state index in [1.165, 1.54) is 26.0 Å². The lowest BCUT2D eigenvalue weighted by Crippen LogP contribution is -2.16. The van der Waals surface area contributed by atoms with E-state index in [2.05, 4.69) is 4.74 Å². The number of Topliss-reactive ketones (excluding diaryl/α,β-unsaturated/α-hetero) is 2. The molecular formula is C14H16O6S. The number of carbonyl (C=O) groups excluding carboxylic acids is 3. The highest BCUT2D eigenvalue weighted by atomic mass is 32.2. The molecule has 0 saturated heterocycles. The van der Waals surface area contributed by atoms with Crippen molar-refractivity contribution < 1.29 is 27.5 Å². The lowest BCUT2D eigenvalue weighted by atomic mass is 9.97. The minimum Gasteiger partial charge on any atom is -0.465 e. The third-order valence-corrected chi connectivity index (χ3v) is 4.06. The zero-order valence-electron chi connectivity index (χ0n) is 12.2. The van der Waals surface area contributed by atoms with Crippen molar-refractivity contribution in [2.24, 2.45) is 0 Å². The molecular weight excluding hydrogens is 296 g/mol. The van der Waals surface area contributed by atoms with Gasteiger partial charge < -0.3 is 4.74 Å². The quantitative estimate of drug-likeness (QED) is 0.463. The highest BCUT2D eigenvalue weighted by molar-refractivity contribution is 7.90. The third kappa shape index (κ3) is 3.75. The average molecular weight is 312 g/mol. The van der Waals surface area contributed by atoms with Gasteiger partial charge in [-0.3, -0.25) is 9.59 Å². The van der Waals surface area contributed by atoms with Crippen molar-refractivity contribution >= 4 is 27.4 Å². The Morgan fingerprint density at radius 2 is 1.76 bits per heavy atom. The molecule has 0 bridgehead atoms. The molecule has 0 aliphatic rings. The SMILES string of the molecule is COC(=O)c1c(S(C)(=O)=O)ccc(C(=O)CC(C)=O)c1C. The van der Waals surface area contributed by atoms with Gasteiger partial charge in [0.2, 0.25) is 0 Å². The number of methoxy groups -OCH3 is 1. The molecule has 114 valence electrons. The normalized spacial score (nSPS) is 11.0. The van der Waals surface area contributed by atoms with Gasteiger partial charge in [-0.2, -0.15) is 0 Å². The predicted octanol–water partition coefficient (Wildman–Crippen LogP) is 1.35. The molecule has 0 radical (unpaired) electrons. The molecule has 0 aromatic heterocycles. The maximum Gasteiger partial charge on any atom is 0.339 e. The first kappa shape index (κ1) is 17.0. The van der Waals surface area contributed by atoms with Crippen molar-refractivity contribution in [1.29, 1.82) is 0 Å². The van der Waals surface area contributed by atoms with Crippen LogP contribution in [0.4, 0.5) is 0 Å². The van der Waals surface area contributed by atoms with Gasteiger partial charge in [0.05, 0.1) is 24.0 Å². The fraction of sp³-hybridized carbons (Fsp3) is 0.357. The second-order valence-corrected chi connectivity index (χ2v) is 6.66. The first-order valence-corrected chi connectivity index (χ1v) is 7.93. The van der Waals surface area contributed by atoms with Crippen LogP contribution in [0.2, 0.25) is 0 Å². The Labute approximate surface area is 123 Å². The van der Waals surface area contributed by atoms with Crippen LogP contribution in [-0.2, 0) is 19.4 Å². The van der Waals surface area contributed by atoms with Crippen LogP contribution in [0.1, 0.15) is 39.6 Å². The van der Waals surface area contributed by atoms with Gasteiger partial charge in [0.25, 0.3) is 0 Å². The smallest absolute Gasteiger partial charge is 0.339 e. The van der Waals surface area contributed by atoms with E-state index >= 15 is 0 Å². The summed E-state index contributed by atoms with van der Waals surface area (Å²) in [6.45, 7) is 2.73. The first-order valence-electron chi connectivity index (χ1n) is 6.04. The van der Waals surface area contributed by atoms with Crippen molar-refractivity contribution in [2.45, 2.75) is 25.2 Å². The van der Waals surface area contributed by atoms with Crippen molar-refractivity contribution in [3.8, 4) is 0 Å². The van der Waals surface area contributed by atoms with Crippen LogP contribution in [-0.4, -0.2) is 39.3 Å². The molecule has 0 fully saturated rings. The van der Waals surface area contributed by atoms with E-state index in [0.717, 1.165) is 13.4 Å². The van der Waals surface area contributed by atoms with E-state index in [0.29, 0.717) is 0 Å². The molecule has 0 spiro atoms. The van der Waals surface area contributed by atoms with Crippen molar-refractivity contribution in [3.05, 3.63) is 28.8 Å². The Morgan fingerprint density at radius 3 is 2.19 bits per heavy atom. The molecule has 0 aliphatic carbocycles. The zero-order valence-corrected chi connectivity index (χ0v) is 13.0. The summed E-state index contributed by atoms with van der Waals surface area (Å²) in [6.07, 6.45) is 0.658. The Balaban J connectivity index is 3.59. The van der Waals surface area contributed by atoms with Crippen LogP contribution in [0.3, 0.4) is 0 Å². The van der Waals surface area contributed by atoms with Gasteiger partial charge in [-0.05, 0) is 31.5 Å². The summed E-state index contributed by atoms with van der Waals surface area (Å²) in [5, 5.41) is 0. The Kier molecular flexibility index (Phi) is 5.01. The average Bonchev–Trinajstić information content (AvgIpc) is 2.35. The van der Waals surface area contributed by atoms with Crippen molar-refractivity contribution in [1.82, 2.24) is 0 Å². The van der Waals surface area contributed by atoms with Crippen LogP contribution in [0, 0.1) is 6.92 Å². The molecule has 0 atom stereocenters. The van der Waals surface area contributed by atoms with Gasteiger partial charge in [0.1, 0.15) is 5.78 Å². The van der Waals surface area contributed by atoms with E-state index in [-0.39, 0.29) is 33.8 Å². The maximum absolute atomic E-state index is 12.0. The van der Waals surface area contributed by atoms with Crippen LogP contribution in [0.15, 0.2) is 17.0 Å². The van der Waals surface area contributed by atoms with E-state index in [4.69, 9.17) is 0 Å². The van der Waals surface area contributed by atoms with E-state index < -0.39 is 21.6 Å². The van der Waals surface area contributed by atoms with Crippen LogP contribution >= 0.6 is 0 Å². The second-order valence-electron chi connectivity index (χ2n) is 4.68. The summed E-state index contributed by atoms with van der Waals surface area (Å²) < 4.78 is 28.1. The van der Waals surface area contributed by atoms with Crippen molar-refractivity contribution in [2.75, 3.05) is 13.4 Å². The van der Waals surface area contributed by atoms with Gasteiger partial charge in [-0.25, -0.2) is 13.2 Å². The number of ether oxygens (including phenoxy) is 1. The molecule has 0 unspecified atom stereocenters. The van der Waals surface area contributed by atoms with E-state index in [1.807, 2.05) is 0 Å². The molecule has 6 nitrogen and oxygen atoms in total. The molecule has 1 rings (SSSR count). The molecule has 7 heteroatoms. The summed E-state index contributed by atoms with van der Waals surface area (Å²) in [7, 11) is -2.53. The fourth-order valence-electron chi connectivity index (χ4n) is 1.97.